The second kappa shape index (κ2) is 6.29. The number of carboxylic acids is 1. The smallest absolute Gasteiger partial charge is 0.335 e. The fourth-order valence-corrected chi connectivity index (χ4v) is 2.81. The topological polar surface area (TPSA) is 79.7 Å². The number of aliphatic hydroxyl groups excluding tert-OH is 1. The van der Waals surface area contributed by atoms with Crippen LogP contribution < -0.4 is 4.74 Å². The molecule has 3 rings (SSSR count). The van der Waals surface area contributed by atoms with Crippen molar-refractivity contribution in [2.45, 2.75) is 13.5 Å². The molecule has 5 nitrogen and oxygen atoms in total. The van der Waals surface area contributed by atoms with Crippen LogP contribution in [0.4, 0.5) is 0 Å². The Kier molecular flexibility index (Phi) is 4.18. The van der Waals surface area contributed by atoms with Crippen molar-refractivity contribution in [1.29, 1.82) is 0 Å². The summed E-state index contributed by atoms with van der Waals surface area (Å²) >= 11 is 0. The van der Waals surface area contributed by atoms with Gasteiger partial charge in [-0.3, -0.25) is 0 Å². The van der Waals surface area contributed by atoms with E-state index in [1.165, 1.54) is 12.1 Å². The molecule has 0 amide bonds. The van der Waals surface area contributed by atoms with Crippen LogP contribution in [0.2, 0.25) is 0 Å². The van der Waals surface area contributed by atoms with E-state index in [-0.39, 0.29) is 12.2 Å². The van der Waals surface area contributed by atoms with E-state index in [1.807, 2.05) is 31.2 Å². The quantitative estimate of drug-likeness (QED) is 0.769. The molecule has 0 saturated carbocycles. The summed E-state index contributed by atoms with van der Waals surface area (Å²) in [5.41, 5.74) is 3.97. The minimum Gasteiger partial charge on any atom is -0.494 e. The number of carbonyl (C=O) groups is 1. The highest BCUT2D eigenvalue weighted by Gasteiger charge is 2.14. The summed E-state index contributed by atoms with van der Waals surface area (Å²) in [5, 5.41) is 19.7. The van der Waals surface area contributed by atoms with Gasteiger partial charge in [-0.15, -0.1) is 0 Å². The molecule has 1 heterocycles. The third-order valence-corrected chi connectivity index (χ3v) is 3.99. The van der Waals surface area contributed by atoms with Gasteiger partial charge in [0.1, 0.15) is 11.3 Å². The number of hydrogen-bond acceptors (Lipinski definition) is 4. The molecule has 0 unspecified atom stereocenters. The highest BCUT2D eigenvalue weighted by molar-refractivity contribution is 5.99. The molecule has 2 N–H and O–H groups in total. The van der Waals surface area contributed by atoms with E-state index in [0.717, 1.165) is 27.7 Å². The number of methoxy groups -OCH3 is 1. The van der Waals surface area contributed by atoms with E-state index in [0.29, 0.717) is 11.3 Å². The molecule has 0 fully saturated rings. The third-order valence-electron chi connectivity index (χ3n) is 3.99. The molecule has 0 spiro atoms. The second-order valence-electron chi connectivity index (χ2n) is 5.50. The van der Waals surface area contributed by atoms with Gasteiger partial charge in [-0.05, 0) is 53.9 Å². The molecule has 1 aromatic heterocycles. The number of hydrogen-bond donors (Lipinski definition) is 2. The summed E-state index contributed by atoms with van der Waals surface area (Å²) in [7, 11) is 1.60. The maximum absolute atomic E-state index is 11.1. The second-order valence-corrected chi connectivity index (χ2v) is 5.50. The number of nitrogens with zero attached hydrogens (tertiary/aromatic N) is 1. The molecule has 0 saturated heterocycles. The van der Waals surface area contributed by atoms with Crippen LogP contribution in [0.1, 0.15) is 21.6 Å². The van der Waals surface area contributed by atoms with Crippen LogP contribution in [0.5, 0.6) is 5.75 Å². The summed E-state index contributed by atoms with van der Waals surface area (Å²) in [6, 6.07) is 12.3. The molecule has 0 atom stereocenters. The molecule has 0 aliphatic rings. The lowest BCUT2D eigenvalue weighted by Gasteiger charge is -2.14. The Morgan fingerprint density at radius 2 is 1.88 bits per heavy atom. The molecular formula is C19H17NO4. The number of ether oxygens (including phenoxy) is 1. The molecular weight excluding hydrogens is 306 g/mol. The number of pyridine rings is 1. The van der Waals surface area contributed by atoms with Crippen molar-refractivity contribution < 1.29 is 19.7 Å². The van der Waals surface area contributed by atoms with Gasteiger partial charge < -0.3 is 14.9 Å². The summed E-state index contributed by atoms with van der Waals surface area (Å²) in [5.74, 6) is -0.349. The fourth-order valence-electron chi connectivity index (χ4n) is 2.81. The molecule has 0 aliphatic heterocycles. The molecule has 122 valence electrons. The first-order valence-corrected chi connectivity index (χ1v) is 7.47. The summed E-state index contributed by atoms with van der Waals surface area (Å²) in [6.07, 6.45) is 0. The number of carboxylic acid groups (broad SMARTS) is 1. The zero-order valence-corrected chi connectivity index (χ0v) is 13.4. The predicted molar refractivity (Wildman–Crippen MR) is 91.4 cm³/mol. The summed E-state index contributed by atoms with van der Waals surface area (Å²) < 4.78 is 5.39. The Morgan fingerprint density at radius 1 is 1.12 bits per heavy atom. The molecule has 0 radical (unpaired) electrons. The molecule has 0 aliphatic carbocycles. The van der Waals surface area contributed by atoms with E-state index in [2.05, 4.69) is 4.98 Å². The van der Waals surface area contributed by atoms with Crippen molar-refractivity contribution in [3.8, 4) is 16.9 Å². The molecule has 0 bridgehead atoms. The molecule has 5 heteroatoms. The number of aryl methyl sites for hydroxylation is 1. The van der Waals surface area contributed by atoms with Gasteiger partial charge >= 0.3 is 5.97 Å². The average molecular weight is 323 g/mol. The number of aromatic carboxylic acids is 1. The van der Waals surface area contributed by atoms with Crippen LogP contribution in [-0.2, 0) is 6.61 Å². The van der Waals surface area contributed by atoms with E-state index in [4.69, 9.17) is 9.84 Å². The lowest BCUT2D eigenvalue weighted by molar-refractivity contribution is 0.0696. The summed E-state index contributed by atoms with van der Waals surface area (Å²) in [4.78, 5) is 15.7. The molecule has 2 aromatic carbocycles. The lowest BCUT2D eigenvalue weighted by atomic mass is 9.94. The van der Waals surface area contributed by atoms with Crippen molar-refractivity contribution in [2.75, 3.05) is 7.11 Å². The van der Waals surface area contributed by atoms with Gasteiger partial charge in [0.25, 0.3) is 0 Å². The Morgan fingerprint density at radius 3 is 2.54 bits per heavy atom. The van der Waals surface area contributed by atoms with Gasteiger partial charge in [-0.25, -0.2) is 9.78 Å². The highest BCUT2D eigenvalue weighted by atomic mass is 16.5. The maximum atomic E-state index is 11.1. The number of fused-ring (bicyclic) bond motifs is 1. The van der Waals surface area contributed by atoms with Gasteiger partial charge in [0.2, 0.25) is 0 Å². The van der Waals surface area contributed by atoms with Crippen molar-refractivity contribution in [1.82, 2.24) is 4.98 Å². The van der Waals surface area contributed by atoms with Crippen molar-refractivity contribution >= 4 is 16.9 Å². The first-order chi connectivity index (χ1) is 11.5. The zero-order valence-electron chi connectivity index (χ0n) is 13.4. The van der Waals surface area contributed by atoms with Gasteiger partial charge in [-0.2, -0.15) is 0 Å². The largest absolute Gasteiger partial charge is 0.494 e. The van der Waals surface area contributed by atoms with Crippen molar-refractivity contribution in [3.05, 3.63) is 59.3 Å². The van der Waals surface area contributed by atoms with Gasteiger partial charge in [0.15, 0.2) is 0 Å². The van der Waals surface area contributed by atoms with Crippen LogP contribution in [0.3, 0.4) is 0 Å². The van der Waals surface area contributed by atoms with Crippen LogP contribution in [0.15, 0.2) is 42.5 Å². The Hall–Kier alpha value is -2.92. The van der Waals surface area contributed by atoms with Crippen LogP contribution >= 0.6 is 0 Å². The third kappa shape index (κ3) is 2.70. The maximum Gasteiger partial charge on any atom is 0.335 e. The van der Waals surface area contributed by atoms with Crippen molar-refractivity contribution in [3.63, 3.8) is 0 Å². The minimum atomic E-state index is -1.02. The molecule has 24 heavy (non-hydrogen) atoms. The van der Waals surface area contributed by atoms with Crippen LogP contribution in [0, 0.1) is 6.92 Å². The van der Waals surface area contributed by atoms with Crippen LogP contribution in [-0.4, -0.2) is 28.3 Å². The number of benzene rings is 2. The number of aromatic nitrogens is 1. The Bertz CT molecular complexity index is 934. The first-order valence-electron chi connectivity index (χ1n) is 7.47. The standard InChI is InChI=1S/C19H17NO4/c1-11-3-5-16-15(7-8-17(24-2)18(16)20-11)14-6-4-12(19(22)23)9-13(14)10-21/h3-9,21H,10H2,1-2H3,(H,22,23). The summed E-state index contributed by atoms with van der Waals surface area (Å²) in [6.45, 7) is 1.66. The average Bonchev–Trinajstić information content (AvgIpc) is 2.60. The lowest BCUT2D eigenvalue weighted by Crippen LogP contribution is -2.00. The minimum absolute atomic E-state index is 0.148. The first kappa shape index (κ1) is 16.0. The Balaban J connectivity index is 2.29. The monoisotopic (exact) mass is 323 g/mol. The van der Waals surface area contributed by atoms with E-state index >= 15 is 0 Å². The van der Waals surface area contributed by atoms with Gasteiger partial charge in [-0.1, -0.05) is 12.1 Å². The van der Waals surface area contributed by atoms with Gasteiger partial charge in [0.05, 0.1) is 19.3 Å². The normalized spacial score (nSPS) is 10.8. The number of aliphatic hydroxyl groups is 1. The fraction of sp³-hybridized carbons (Fsp3) is 0.158. The van der Waals surface area contributed by atoms with E-state index in [1.54, 1.807) is 13.2 Å². The van der Waals surface area contributed by atoms with Crippen LogP contribution in [0.25, 0.3) is 22.0 Å². The predicted octanol–water partition coefficient (Wildman–Crippen LogP) is 3.41. The van der Waals surface area contributed by atoms with Crippen molar-refractivity contribution in [2.24, 2.45) is 0 Å². The SMILES string of the molecule is COc1ccc(-c2ccc(C(=O)O)cc2CO)c2ccc(C)nc12. The van der Waals surface area contributed by atoms with E-state index in [9.17, 15) is 9.90 Å². The number of rotatable bonds is 4. The Labute approximate surface area is 139 Å². The van der Waals surface area contributed by atoms with Gasteiger partial charge in [0, 0.05) is 11.1 Å². The zero-order chi connectivity index (χ0) is 17.3. The highest BCUT2D eigenvalue weighted by Crippen LogP contribution is 2.35. The van der Waals surface area contributed by atoms with E-state index < -0.39 is 5.97 Å². The molecule has 3 aromatic rings.